The maximum Gasteiger partial charge on any atom is 0.275 e. The van der Waals surface area contributed by atoms with Crippen molar-refractivity contribution in [2.75, 3.05) is 23.7 Å². The zero-order valence-electron chi connectivity index (χ0n) is 13.2. The highest BCUT2D eigenvalue weighted by Crippen LogP contribution is 2.16. The molecule has 2 aromatic heterocycles. The van der Waals surface area contributed by atoms with Gasteiger partial charge in [-0.15, -0.1) is 5.10 Å². The van der Waals surface area contributed by atoms with E-state index >= 15 is 0 Å². The highest BCUT2D eigenvalue weighted by Gasteiger charge is 2.07. The number of aryl methyl sites for hydroxylation is 2. The fourth-order valence-corrected chi connectivity index (χ4v) is 3.09. The molecule has 2 heterocycles. The molecule has 0 amide bonds. The van der Waals surface area contributed by atoms with Crippen molar-refractivity contribution in [3.05, 3.63) is 51.9 Å². The molecule has 0 aliphatic rings. The molecule has 0 saturated heterocycles. The quantitative estimate of drug-likeness (QED) is 0.680. The second-order valence-corrected chi connectivity index (χ2v) is 6.22. The summed E-state index contributed by atoms with van der Waals surface area (Å²) in [6.45, 7) is 5.53. The standard InChI is InChI=1S/C16H19N5OS/c1-3-12-10-14(22)21-16(19-12)23-15(20-21)18-8-7-17-13-6-4-5-11(2)9-13/h4-6,9-10,17H,3,7-8H2,1-2H3,(H,18,20). The van der Waals surface area contributed by atoms with E-state index < -0.39 is 0 Å². The second-order valence-electron chi connectivity index (χ2n) is 5.26. The molecule has 6 nitrogen and oxygen atoms in total. The van der Waals surface area contributed by atoms with Crippen molar-refractivity contribution in [3.63, 3.8) is 0 Å². The highest BCUT2D eigenvalue weighted by atomic mass is 32.1. The summed E-state index contributed by atoms with van der Waals surface area (Å²) in [4.78, 5) is 17.0. The van der Waals surface area contributed by atoms with Crippen molar-refractivity contribution in [1.29, 1.82) is 0 Å². The Labute approximate surface area is 138 Å². The van der Waals surface area contributed by atoms with Crippen LogP contribution in [0.1, 0.15) is 18.2 Å². The highest BCUT2D eigenvalue weighted by molar-refractivity contribution is 7.20. The average molecular weight is 329 g/mol. The average Bonchev–Trinajstić information content (AvgIpc) is 2.95. The van der Waals surface area contributed by atoms with E-state index in [1.54, 1.807) is 0 Å². The Morgan fingerprint density at radius 1 is 1.22 bits per heavy atom. The molecule has 3 aromatic rings. The van der Waals surface area contributed by atoms with E-state index in [0.29, 0.717) is 16.6 Å². The van der Waals surface area contributed by atoms with Crippen molar-refractivity contribution in [2.24, 2.45) is 0 Å². The molecule has 0 unspecified atom stereocenters. The van der Waals surface area contributed by atoms with Gasteiger partial charge in [-0.3, -0.25) is 4.79 Å². The predicted octanol–water partition coefficient (Wildman–Crippen LogP) is 2.55. The van der Waals surface area contributed by atoms with Crippen molar-refractivity contribution in [2.45, 2.75) is 20.3 Å². The van der Waals surface area contributed by atoms with E-state index in [9.17, 15) is 4.79 Å². The van der Waals surface area contributed by atoms with Gasteiger partial charge in [-0.2, -0.15) is 4.52 Å². The lowest BCUT2D eigenvalue weighted by Crippen LogP contribution is -2.16. The van der Waals surface area contributed by atoms with Gasteiger partial charge in [0.15, 0.2) is 0 Å². The molecule has 120 valence electrons. The molecule has 0 bridgehead atoms. The van der Waals surface area contributed by atoms with Gasteiger partial charge >= 0.3 is 0 Å². The van der Waals surface area contributed by atoms with Crippen LogP contribution in [0.2, 0.25) is 0 Å². The first-order valence-electron chi connectivity index (χ1n) is 7.60. The van der Waals surface area contributed by atoms with E-state index in [2.05, 4.69) is 39.8 Å². The smallest absolute Gasteiger partial charge is 0.275 e. The molecule has 23 heavy (non-hydrogen) atoms. The van der Waals surface area contributed by atoms with Gasteiger partial charge in [0.25, 0.3) is 5.56 Å². The minimum atomic E-state index is -0.131. The topological polar surface area (TPSA) is 71.3 Å². The summed E-state index contributed by atoms with van der Waals surface area (Å²) in [5, 5.41) is 11.5. The van der Waals surface area contributed by atoms with Crippen LogP contribution in [0.5, 0.6) is 0 Å². The van der Waals surface area contributed by atoms with Gasteiger partial charge in [0.05, 0.1) is 0 Å². The monoisotopic (exact) mass is 329 g/mol. The Morgan fingerprint density at radius 2 is 2.04 bits per heavy atom. The number of rotatable bonds is 6. The molecule has 0 saturated carbocycles. The maximum absolute atomic E-state index is 11.9. The van der Waals surface area contributed by atoms with Crippen LogP contribution < -0.4 is 16.2 Å². The number of aromatic nitrogens is 3. The summed E-state index contributed by atoms with van der Waals surface area (Å²) in [6.07, 6.45) is 0.743. The Balaban J connectivity index is 1.61. The lowest BCUT2D eigenvalue weighted by Gasteiger charge is -2.07. The van der Waals surface area contributed by atoms with Gasteiger partial charge in [0, 0.05) is 30.5 Å². The van der Waals surface area contributed by atoms with E-state index in [1.807, 2.05) is 19.1 Å². The van der Waals surface area contributed by atoms with Crippen LogP contribution in [0.15, 0.2) is 35.1 Å². The van der Waals surface area contributed by atoms with E-state index in [4.69, 9.17) is 0 Å². The normalized spacial score (nSPS) is 10.9. The molecule has 2 N–H and O–H groups in total. The minimum absolute atomic E-state index is 0.131. The first-order valence-corrected chi connectivity index (χ1v) is 8.41. The Bertz CT molecular complexity index is 870. The second kappa shape index (κ2) is 6.78. The number of anilines is 2. The summed E-state index contributed by atoms with van der Waals surface area (Å²) in [5.74, 6) is 0. The number of nitrogens with one attached hydrogen (secondary N) is 2. The molecule has 1 aromatic carbocycles. The molecule has 7 heteroatoms. The van der Waals surface area contributed by atoms with Crippen LogP contribution in [0.3, 0.4) is 0 Å². The number of hydrogen-bond donors (Lipinski definition) is 2. The zero-order chi connectivity index (χ0) is 16.2. The molecule has 0 spiro atoms. The SMILES string of the molecule is CCc1cc(=O)n2nc(NCCNc3cccc(C)c3)sc2n1. The van der Waals surface area contributed by atoms with Gasteiger partial charge < -0.3 is 10.6 Å². The molecule has 0 aliphatic carbocycles. The summed E-state index contributed by atoms with van der Waals surface area (Å²) in [7, 11) is 0. The van der Waals surface area contributed by atoms with Gasteiger partial charge in [0.2, 0.25) is 10.1 Å². The zero-order valence-corrected chi connectivity index (χ0v) is 14.0. The van der Waals surface area contributed by atoms with Gasteiger partial charge in [0.1, 0.15) is 0 Å². The van der Waals surface area contributed by atoms with Crippen molar-refractivity contribution in [3.8, 4) is 0 Å². The largest absolute Gasteiger partial charge is 0.383 e. The fraction of sp³-hybridized carbons (Fsp3) is 0.312. The van der Waals surface area contributed by atoms with Crippen molar-refractivity contribution < 1.29 is 0 Å². The Morgan fingerprint density at radius 3 is 2.83 bits per heavy atom. The Kier molecular flexibility index (Phi) is 4.57. The summed E-state index contributed by atoms with van der Waals surface area (Å²) in [5.41, 5.74) is 2.99. The summed E-state index contributed by atoms with van der Waals surface area (Å²) >= 11 is 1.39. The third-order valence-corrected chi connectivity index (χ3v) is 4.27. The lowest BCUT2D eigenvalue weighted by atomic mass is 10.2. The predicted molar refractivity (Wildman–Crippen MR) is 94.7 cm³/mol. The van der Waals surface area contributed by atoms with Crippen LogP contribution >= 0.6 is 11.3 Å². The third kappa shape index (κ3) is 3.68. The van der Waals surface area contributed by atoms with Gasteiger partial charge in [-0.1, -0.05) is 30.4 Å². The molecular formula is C16H19N5OS. The fourth-order valence-electron chi connectivity index (χ4n) is 2.24. The molecule has 0 aliphatic heterocycles. The van der Waals surface area contributed by atoms with Gasteiger partial charge in [-0.25, -0.2) is 4.98 Å². The van der Waals surface area contributed by atoms with E-state index in [0.717, 1.165) is 24.3 Å². The minimum Gasteiger partial charge on any atom is -0.383 e. The molecule has 0 radical (unpaired) electrons. The summed E-state index contributed by atoms with van der Waals surface area (Å²) < 4.78 is 1.35. The summed E-state index contributed by atoms with van der Waals surface area (Å²) in [6, 6.07) is 9.78. The van der Waals surface area contributed by atoms with Crippen molar-refractivity contribution in [1.82, 2.24) is 14.6 Å². The third-order valence-electron chi connectivity index (χ3n) is 3.41. The lowest BCUT2D eigenvalue weighted by molar-refractivity contribution is 0.874. The van der Waals surface area contributed by atoms with Crippen molar-refractivity contribution >= 4 is 27.1 Å². The Hall–Kier alpha value is -2.41. The number of fused-ring (bicyclic) bond motifs is 1. The van der Waals surface area contributed by atoms with Crippen LogP contribution in [0.4, 0.5) is 10.8 Å². The van der Waals surface area contributed by atoms with Crippen LogP contribution in [-0.4, -0.2) is 27.7 Å². The number of nitrogens with zero attached hydrogens (tertiary/aromatic N) is 3. The molecule has 0 atom stereocenters. The van der Waals surface area contributed by atoms with Gasteiger partial charge in [-0.05, 0) is 31.0 Å². The number of benzene rings is 1. The first-order chi connectivity index (χ1) is 11.2. The molecular weight excluding hydrogens is 310 g/mol. The van der Waals surface area contributed by atoms with Crippen LogP contribution in [-0.2, 0) is 6.42 Å². The van der Waals surface area contributed by atoms with E-state index in [1.165, 1.54) is 27.5 Å². The van der Waals surface area contributed by atoms with E-state index in [-0.39, 0.29) is 5.56 Å². The van der Waals surface area contributed by atoms with Crippen LogP contribution in [0, 0.1) is 6.92 Å². The maximum atomic E-state index is 11.9. The first kappa shape index (κ1) is 15.5. The number of hydrogen-bond acceptors (Lipinski definition) is 6. The molecule has 0 fully saturated rings. The molecule has 3 rings (SSSR count). The van der Waals surface area contributed by atoms with Crippen LogP contribution in [0.25, 0.3) is 4.96 Å².